The van der Waals surface area contributed by atoms with Crippen molar-refractivity contribution >= 4 is 22.6 Å². The van der Waals surface area contributed by atoms with Gasteiger partial charge in [-0.15, -0.1) is 0 Å². The highest BCUT2D eigenvalue weighted by Gasteiger charge is 2.41. The summed E-state index contributed by atoms with van der Waals surface area (Å²) in [5.74, 6) is -0.191. The van der Waals surface area contributed by atoms with Crippen molar-refractivity contribution in [2.45, 2.75) is 13.0 Å². The maximum absolute atomic E-state index is 13.3. The number of hydrogen-bond acceptors (Lipinski definition) is 3. The van der Waals surface area contributed by atoms with Gasteiger partial charge in [0.05, 0.1) is 22.6 Å². The SMILES string of the molecule is Cc1ccccc1N1C(=O)c2c(O)cccc2C1c1ccc2[nH][c]nc2c1. The topological polar surface area (TPSA) is 69.2 Å². The van der Waals surface area contributed by atoms with E-state index in [0.29, 0.717) is 5.56 Å². The number of H-pyrrole nitrogens is 1. The fraction of sp³-hybridized carbons (Fsp3) is 0.0909. The van der Waals surface area contributed by atoms with Crippen LogP contribution in [0.5, 0.6) is 5.75 Å². The molecule has 0 bridgehead atoms. The number of aromatic amines is 1. The van der Waals surface area contributed by atoms with Crippen molar-refractivity contribution < 1.29 is 9.90 Å². The Balaban J connectivity index is 1.77. The molecular formula is C22H16N3O2. The van der Waals surface area contributed by atoms with Crippen molar-refractivity contribution in [1.29, 1.82) is 0 Å². The molecular weight excluding hydrogens is 338 g/mol. The third-order valence-electron chi connectivity index (χ3n) is 5.14. The summed E-state index contributed by atoms with van der Waals surface area (Å²) in [4.78, 5) is 22.3. The number of aromatic hydroxyl groups is 1. The van der Waals surface area contributed by atoms with Crippen molar-refractivity contribution in [3.05, 3.63) is 89.2 Å². The van der Waals surface area contributed by atoms with E-state index in [4.69, 9.17) is 0 Å². The van der Waals surface area contributed by atoms with Gasteiger partial charge < -0.3 is 10.1 Å². The highest BCUT2D eigenvalue weighted by Crippen LogP contribution is 2.45. The van der Waals surface area contributed by atoms with Gasteiger partial charge in [-0.2, -0.15) is 0 Å². The molecule has 5 nitrogen and oxygen atoms in total. The second-order valence-electron chi connectivity index (χ2n) is 6.73. The average molecular weight is 354 g/mol. The normalized spacial score (nSPS) is 16.1. The maximum atomic E-state index is 13.3. The lowest BCUT2D eigenvalue weighted by Crippen LogP contribution is -2.29. The van der Waals surface area contributed by atoms with Gasteiger partial charge in [0.1, 0.15) is 5.75 Å². The highest BCUT2D eigenvalue weighted by molar-refractivity contribution is 6.13. The minimum Gasteiger partial charge on any atom is -0.507 e. The summed E-state index contributed by atoms with van der Waals surface area (Å²) in [7, 11) is 0. The molecule has 2 N–H and O–H groups in total. The summed E-state index contributed by atoms with van der Waals surface area (Å²) < 4.78 is 0. The van der Waals surface area contributed by atoms with E-state index in [1.165, 1.54) is 0 Å². The van der Waals surface area contributed by atoms with Crippen LogP contribution in [-0.4, -0.2) is 21.0 Å². The monoisotopic (exact) mass is 354 g/mol. The van der Waals surface area contributed by atoms with Gasteiger partial charge in [0.25, 0.3) is 5.91 Å². The van der Waals surface area contributed by atoms with Gasteiger partial charge in [-0.05, 0) is 47.9 Å². The number of hydrogen-bond donors (Lipinski definition) is 2. The molecule has 2 heterocycles. The molecule has 1 aliphatic heterocycles. The van der Waals surface area contributed by atoms with Gasteiger partial charge in [0.2, 0.25) is 0 Å². The van der Waals surface area contributed by atoms with Gasteiger partial charge in [-0.3, -0.25) is 9.69 Å². The summed E-state index contributed by atoms with van der Waals surface area (Å²) in [6.07, 6.45) is 2.75. The molecule has 131 valence electrons. The van der Waals surface area contributed by atoms with Crippen molar-refractivity contribution in [1.82, 2.24) is 9.97 Å². The first-order valence-corrected chi connectivity index (χ1v) is 8.72. The van der Waals surface area contributed by atoms with E-state index in [-0.39, 0.29) is 17.7 Å². The smallest absolute Gasteiger partial charge is 0.263 e. The minimum absolute atomic E-state index is 0.00719. The number of para-hydroxylation sites is 1. The molecule has 0 spiro atoms. The van der Waals surface area contributed by atoms with Gasteiger partial charge in [0.15, 0.2) is 6.33 Å². The van der Waals surface area contributed by atoms with Crippen molar-refractivity contribution in [2.75, 3.05) is 4.90 Å². The van der Waals surface area contributed by atoms with E-state index in [9.17, 15) is 9.90 Å². The molecule has 1 aliphatic rings. The van der Waals surface area contributed by atoms with E-state index in [2.05, 4.69) is 16.3 Å². The number of phenolic OH excluding ortho intramolecular Hbond substituents is 1. The van der Waals surface area contributed by atoms with Crippen LogP contribution in [0.25, 0.3) is 11.0 Å². The van der Waals surface area contributed by atoms with Crippen LogP contribution in [0.15, 0.2) is 60.7 Å². The predicted octanol–water partition coefficient (Wildman–Crippen LogP) is 4.13. The van der Waals surface area contributed by atoms with Crippen LogP contribution >= 0.6 is 0 Å². The number of nitrogens with one attached hydrogen (secondary N) is 1. The number of carbonyl (C=O) groups excluding carboxylic acids is 1. The van der Waals surface area contributed by atoms with Crippen LogP contribution in [0.2, 0.25) is 0 Å². The molecule has 0 aliphatic carbocycles. The first-order valence-electron chi connectivity index (χ1n) is 8.72. The van der Waals surface area contributed by atoms with Crippen LogP contribution in [-0.2, 0) is 0 Å². The molecule has 1 radical (unpaired) electrons. The number of anilines is 1. The average Bonchev–Trinajstić information content (AvgIpc) is 3.25. The lowest BCUT2D eigenvalue weighted by atomic mass is 9.96. The van der Waals surface area contributed by atoms with Crippen LogP contribution < -0.4 is 4.90 Å². The zero-order valence-corrected chi connectivity index (χ0v) is 14.6. The zero-order valence-electron chi connectivity index (χ0n) is 14.6. The van der Waals surface area contributed by atoms with Crippen LogP contribution in [0.1, 0.15) is 33.1 Å². The van der Waals surface area contributed by atoms with E-state index in [0.717, 1.165) is 33.4 Å². The number of fused-ring (bicyclic) bond motifs is 2. The number of rotatable bonds is 2. The first kappa shape index (κ1) is 15.6. The highest BCUT2D eigenvalue weighted by atomic mass is 16.3. The Hall–Kier alpha value is -3.60. The third kappa shape index (κ3) is 2.25. The maximum Gasteiger partial charge on any atom is 0.263 e. The van der Waals surface area contributed by atoms with E-state index >= 15 is 0 Å². The molecule has 0 saturated carbocycles. The largest absolute Gasteiger partial charge is 0.507 e. The van der Waals surface area contributed by atoms with E-state index in [1.54, 1.807) is 17.0 Å². The molecule has 1 aromatic heterocycles. The second-order valence-corrected chi connectivity index (χ2v) is 6.73. The molecule has 27 heavy (non-hydrogen) atoms. The molecule has 0 fully saturated rings. The molecule has 5 rings (SSSR count). The molecule has 1 unspecified atom stereocenters. The molecule has 1 atom stereocenters. The number of aromatic nitrogens is 2. The van der Waals surface area contributed by atoms with Crippen LogP contribution in [0, 0.1) is 13.3 Å². The van der Waals surface area contributed by atoms with Gasteiger partial charge in [0, 0.05) is 5.69 Å². The molecule has 3 aromatic carbocycles. The van der Waals surface area contributed by atoms with Crippen LogP contribution in [0.3, 0.4) is 0 Å². The number of benzene rings is 3. The number of imidazole rings is 1. The molecule has 5 heteroatoms. The molecule has 0 saturated heterocycles. The summed E-state index contributed by atoms with van der Waals surface area (Å²) in [6, 6.07) is 18.6. The Labute approximate surface area is 155 Å². The minimum atomic E-state index is -0.332. The Kier molecular flexibility index (Phi) is 3.31. The number of aryl methyl sites for hydroxylation is 1. The third-order valence-corrected chi connectivity index (χ3v) is 5.14. The number of phenols is 1. The molecule has 1 amide bonds. The number of amides is 1. The number of carbonyl (C=O) groups is 1. The fourth-order valence-electron chi connectivity index (χ4n) is 3.87. The fourth-order valence-corrected chi connectivity index (χ4v) is 3.87. The van der Waals surface area contributed by atoms with Crippen molar-refractivity contribution in [3.63, 3.8) is 0 Å². The molecule has 4 aromatic rings. The van der Waals surface area contributed by atoms with Crippen molar-refractivity contribution in [3.8, 4) is 5.75 Å². The van der Waals surface area contributed by atoms with Crippen molar-refractivity contribution in [2.24, 2.45) is 0 Å². The Bertz CT molecular complexity index is 1200. The standard InChI is InChI=1S/C22H16N3O2/c1-13-5-2-3-7-18(13)25-21(14-9-10-16-17(11-14)24-12-23-16)15-6-4-8-19(26)20(15)22(25)27/h2-11,21,26H,1H3,(H,23,24). The summed E-state index contributed by atoms with van der Waals surface area (Å²) in [5.41, 5.74) is 5.60. The van der Waals surface area contributed by atoms with Crippen LogP contribution in [0.4, 0.5) is 5.69 Å². The lowest BCUT2D eigenvalue weighted by molar-refractivity contribution is 0.0991. The first-order chi connectivity index (χ1) is 13.1. The van der Waals surface area contributed by atoms with Gasteiger partial charge in [-0.1, -0.05) is 36.4 Å². The van der Waals surface area contributed by atoms with E-state index < -0.39 is 0 Å². The Morgan fingerprint density at radius 2 is 1.96 bits per heavy atom. The second kappa shape index (κ2) is 5.71. The summed E-state index contributed by atoms with van der Waals surface area (Å²) in [5, 5.41) is 10.4. The summed E-state index contributed by atoms with van der Waals surface area (Å²) in [6.45, 7) is 1.98. The van der Waals surface area contributed by atoms with Gasteiger partial charge >= 0.3 is 0 Å². The van der Waals surface area contributed by atoms with E-state index in [1.807, 2.05) is 55.5 Å². The quantitative estimate of drug-likeness (QED) is 0.569. The predicted molar refractivity (Wildman–Crippen MR) is 103 cm³/mol. The Morgan fingerprint density at radius 1 is 1.11 bits per heavy atom. The zero-order chi connectivity index (χ0) is 18.5. The summed E-state index contributed by atoms with van der Waals surface area (Å²) >= 11 is 0. The van der Waals surface area contributed by atoms with Gasteiger partial charge in [-0.25, -0.2) is 4.98 Å². The number of nitrogens with zero attached hydrogens (tertiary/aromatic N) is 2. The Morgan fingerprint density at radius 3 is 2.81 bits per heavy atom. The lowest BCUT2D eigenvalue weighted by Gasteiger charge is -2.27.